The zero-order valence-corrected chi connectivity index (χ0v) is 8.64. The van der Waals surface area contributed by atoms with E-state index in [-0.39, 0.29) is 0 Å². The molecule has 1 N–H and O–H groups in total. The largest absolute Gasteiger partial charge is 0.314 e. The topological polar surface area (TPSA) is 39.1 Å². The van der Waals surface area contributed by atoms with Gasteiger partial charge >= 0.3 is 0 Å². The predicted octanol–water partition coefficient (Wildman–Crippen LogP) is 0.974. The average molecular weight is 181 g/mol. The van der Waals surface area contributed by atoms with Crippen molar-refractivity contribution in [1.29, 1.82) is 5.26 Å². The van der Waals surface area contributed by atoms with Crippen LogP contribution < -0.4 is 5.32 Å². The van der Waals surface area contributed by atoms with E-state index in [9.17, 15) is 0 Å². The van der Waals surface area contributed by atoms with E-state index < -0.39 is 0 Å². The van der Waals surface area contributed by atoms with Gasteiger partial charge in [-0.2, -0.15) is 5.26 Å². The Hall–Kier alpha value is -0.590. The van der Waals surface area contributed by atoms with Crippen LogP contribution in [0.4, 0.5) is 0 Å². The molecule has 0 radical (unpaired) electrons. The van der Waals surface area contributed by atoms with Crippen molar-refractivity contribution in [3.05, 3.63) is 0 Å². The normalized spacial score (nSPS) is 19.5. The Labute approximate surface area is 80.7 Å². The van der Waals surface area contributed by atoms with Gasteiger partial charge in [-0.15, -0.1) is 0 Å². The summed E-state index contributed by atoms with van der Waals surface area (Å²) in [6.45, 7) is 1.85. The van der Waals surface area contributed by atoms with Crippen LogP contribution >= 0.6 is 0 Å². The van der Waals surface area contributed by atoms with Crippen molar-refractivity contribution in [3.63, 3.8) is 0 Å². The summed E-state index contributed by atoms with van der Waals surface area (Å²) in [6, 6.07) is 2.14. The van der Waals surface area contributed by atoms with Gasteiger partial charge in [0, 0.05) is 25.0 Å². The summed E-state index contributed by atoms with van der Waals surface area (Å²) in [5, 5.41) is 11.7. The maximum atomic E-state index is 8.38. The molecule has 0 bridgehead atoms. The minimum atomic E-state index is 0.384. The summed E-state index contributed by atoms with van der Waals surface area (Å²) in [4.78, 5) is 2.32. The van der Waals surface area contributed by atoms with Gasteiger partial charge in [0.1, 0.15) is 0 Å². The van der Waals surface area contributed by atoms with E-state index in [0.29, 0.717) is 12.0 Å². The zero-order valence-electron chi connectivity index (χ0n) is 8.64. The molecule has 0 saturated heterocycles. The first kappa shape index (κ1) is 10.5. The quantitative estimate of drug-likeness (QED) is 0.642. The van der Waals surface area contributed by atoms with Gasteiger partial charge in [-0.1, -0.05) is 0 Å². The first-order chi connectivity index (χ1) is 6.21. The molecular formula is C10H19N3. The van der Waals surface area contributed by atoms with E-state index in [1.807, 2.05) is 0 Å². The van der Waals surface area contributed by atoms with E-state index in [2.05, 4.69) is 30.4 Å². The van der Waals surface area contributed by atoms with E-state index in [1.54, 1.807) is 0 Å². The second-order valence-corrected chi connectivity index (χ2v) is 4.06. The lowest BCUT2D eigenvalue weighted by molar-refractivity contribution is 0.0605. The Kier molecular flexibility index (Phi) is 3.71. The van der Waals surface area contributed by atoms with Gasteiger partial charge < -0.3 is 10.2 Å². The van der Waals surface area contributed by atoms with Crippen molar-refractivity contribution >= 4 is 0 Å². The zero-order chi connectivity index (χ0) is 9.73. The summed E-state index contributed by atoms with van der Waals surface area (Å²) in [5.74, 6) is 0. The summed E-state index contributed by atoms with van der Waals surface area (Å²) in [5.41, 5.74) is 0.384. The summed E-state index contributed by atoms with van der Waals surface area (Å²) in [6.07, 6.45) is 4.54. The molecule has 0 aliphatic heterocycles. The van der Waals surface area contributed by atoms with Crippen molar-refractivity contribution in [2.45, 2.75) is 31.2 Å². The lowest BCUT2D eigenvalue weighted by atomic mass is 9.75. The highest BCUT2D eigenvalue weighted by Crippen LogP contribution is 2.35. The molecule has 0 heterocycles. The smallest absolute Gasteiger partial charge is 0.0635 e. The Morgan fingerprint density at radius 1 is 1.46 bits per heavy atom. The third-order valence-corrected chi connectivity index (χ3v) is 3.10. The molecule has 1 fully saturated rings. The molecule has 3 nitrogen and oxygen atoms in total. The van der Waals surface area contributed by atoms with Gasteiger partial charge in [0.2, 0.25) is 0 Å². The minimum Gasteiger partial charge on any atom is -0.314 e. The summed E-state index contributed by atoms with van der Waals surface area (Å²) < 4.78 is 0. The van der Waals surface area contributed by atoms with Crippen LogP contribution in [-0.4, -0.2) is 37.6 Å². The van der Waals surface area contributed by atoms with Gasteiger partial charge in [-0.05, 0) is 33.4 Å². The fourth-order valence-corrected chi connectivity index (χ4v) is 1.83. The van der Waals surface area contributed by atoms with Gasteiger partial charge in [0.15, 0.2) is 0 Å². The average Bonchev–Trinajstić information content (AvgIpc) is 2.01. The molecule has 0 aromatic carbocycles. The SMILES string of the molecule is CN(C)C1(CNCCC#N)CCC1. The van der Waals surface area contributed by atoms with Gasteiger partial charge in [-0.25, -0.2) is 0 Å². The van der Waals surface area contributed by atoms with Crippen molar-refractivity contribution in [2.24, 2.45) is 0 Å². The van der Waals surface area contributed by atoms with Crippen LogP contribution in [0.1, 0.15) is 25.7 Å². The number of hydrogen-bond acceptors (Lipinski definition) is 3. The molecule has 74 valence electrons. The standard InChI is InChI=1S/C10H19N3/c1-13(2)10(5-3-6-10)9-12-8-4-7-11/h12H,3-6,8-9H2,1-2H3. The molecule has 1 saturated carbocycles. The van der Waals surface area contributed by atoms with Crippen molar-refractivity contribution < 1.29 is 0 Å². The fourth-order valence-electron chi connectivity index (χ4n) is 1.83. The predicted molar refractivity (Wildman–Crippen MR) is 53.4 cm³/mol. The van der Waals surface area contributed by atoms with E-state index in [1.165, 1.54) is 19.3 Å². The Balaban J connectivity index is 2.21. The number of likely N-dealkylation sites (N-methyl/N-ethyl adjacent to an activating group) is 1. The Morgan fingerprint density at radius 2 is 2.15 bits per heavy atom. The number of nitrogens with zero attached hydrogens (tertiary/aromatic N) is 2. The second kappa shape index (κ2) is 4.59. The molecule has 1 aliphatic rings. The highest BCUT2D eigenvalue weighted by molar-refractivity contribution is 4.97. The first-order valence-corrected chi connectivity index (χ1v) is 4.96. The van der Waals surface area contributed by atoms with Gasteiger partial charge in [0.05, 0.1) is 6.07 Å². The third-order valence-electron chi connectivity index (χ3n) is 3.10. The molecule has 1 aliphatic carbocycles. The fraction of sp³-hybridized carbons (Fsp3) is 0.900. The Morgan fingerprint density at radius 3 is 2.54 bits per heavy atom. The van der Waals surface area contributed by atoms with E-state index in [4.69, 9.17) is 5.26 Å². The van der Waals surface area contributed by atoms with E-state index >= 15 is 0 Å². The number of nitriles is 1. The van der Waals surface area contributed by atoms with Crippen LogP contribution in [0.25, 0.3) is 0 Å². The monoisotopic (exact) mass is 181 g/mol. The summed E-state index contributed by atoms with van der Waals surface area (Å²) >= 11 is 0. The molecule has 0 amide bonds. The third kappa shape index (κ3) is 2.43. The van der Waals surface area contributed by atoms with Crippen LogP contribution in [0.3, 0.4) is 0 Å². The maximum Gasteiger partial charge on any atom is 0.0635 e. The van der Waals surface area contributed by atoms with Crippen LogP contribution in [0, 0.1) is 11.3 Å². The number of nitrogens with one attached hydrogen (secondary N) is 1. The highest BCUT2D eigenvalue weighted by atomic mass is 15.2. The first-order valence-electron chi connectivity index (χ1n) is 4.96. The molecule has 0 unspecified atom stereocenters. The minimum absolute atomic E-state index is 0.384. The van der Waals surface area contributed by atoms with Crippen molar-refractivity contribution in [2.75, 3.05) is 27.2 Å². The number of hydrogen-bond donors (Lipinski definition) is 1. The lowest BCUT2D eigenvalue weighted by Gasteiger charge is -2.47. The molecule has 0 aromatic heterocycles. The molecule has 13 heavy (non-hydrogen) atoms. The second-order valence-electron chi connectivity index (χ2n) is 4.06. The van der Waals surface area contributed by atoms with Gasteiger partial charge in [-0.3, -0.25) is 0 Å². The van der Waals surface area contributed by atoms with E-state index in [0.717, 1.165) is 13.1 Å². The maximum absolute atomic E-state index is 8.38. The molecule has 3 heteroatoms. The van der Waals surface area contributed by atoms with Crippen LogP contribution in [-0.2, 0) is 0 Å². The molecule has 0 spiro atoms. The van der Waals surface area contributed by atoms with Gasteiger partial charge in [0.25, 0.3) is 0 Å². The molecule has 0 aromatic rings. The summed E-state index contributed by atoms with van der Waals surface area (Å²) in [7, 11) is 4.29. The van der Waals surface area contributed by atoms with Crippen LogP contribution in [0.15, 0.2) is 0 Å². The molecular weight excluding hydrogens is 162 g/mol. The highest BCUT2D eigenvalue weighted by Gasteiger charge is 2.38. The van der Waals surface area contributed by atoms with Crippen molar-refractivity contribution in [1.82, 2.24) is 10.2 Å². The lowest BCUT2D eigenvalue weighted by Crippen LogP contribution is -2.56. The van der Waals surface area contributed by atoms with Crippen LogP contribution in [0.5, 0.6) is 0 Å². The number of rotatable bonds is 5. The molecule has 1 rings (SSSR count). The molecule has 0 atom stereocenters. The van der Waals surface area contributed by atoms with Crippen molar-refractivity contribution in [3.8, 4) is 6.07 Å². The van der Waals surface area contributed by atoms with Crippen LogP contribution in [0.2, 0.25) is 0 Å². The Bertz CT molecular complexity index is 189.